The minimum atomic E-state index is -3.12. The van der Waals surface area contributed by atoms with Crippen molar-refractivity contribution in [3.63, 3.8) is 0 Å². The fourth-order valence-corrected chi connectivity index (χ4v) is 4.30. The first kappa shape index (κ1) is 17.7. The highest BCUT2D eigenvalue weighted by molar-refractivity contribution is 7.88. The Hall–Kier alpha value is -0.660. The van der Waals surface area contributed by atoms with Gasteiger partial charge in [-0.05, 0) is 31.7 Å². The van der Waals surface area contributed by atoms with Gasteiger partial charge in [-0.1, -0.05) is 19.8 Å². The second-order valence-electron chi connectivity index (χ2n) is 6.73. The fraction of sp³-hybridized carbons (Fsp3) is 0.933. The number of carbonyl (C=O) groups excluding carboxylic acids is 1. The van der Waals surface area contributed by atoms with Gasteiger partial charge in [0.25, 0.3) is 0 Å². The second-order valence-corrected chi connectivity index (χ2v) is 8.71. The van der Waals surface area contributed by atoms with Gasteiger partial charge in [0.1, 0.15) is 0 Å². The number of carbonyl (C=O) groups is 1. The summed E-state index contributed by atoms with van der Waals surface area (Å²) < 4.78 is 24.7. The molecule has 2 aliphatic rings. The molecule has 0 aromatic heterocycles. The predicted molar refractivity (Wildman–Crippen MR) is 87.0 cm³/mol. The van der Waals surface area contributed by atoms with Gasteiger partial charge < -0.3 is 5.32 Å². The molecule has 0 bridgehead atoms. The van der Waals surface area contributed by atoms with E-state index in [1.54, 1.807) is 0 Å². The number of amides is 1. The third-order valence-corrected chi connectivity index (χ3v) is 6.14. The van der Waals surface area contributed by atoms with Crippen molar-refractivity contribution in [1.29, 1.82) is 0 Å². The lowest BCUT2D eigenvalue weighted by Crippen LogP contribution is -2.46. The SMILES string of the molecule is CC1CCCCC1NC(=O)CN1CCCN(S(C)(=O)=O)CC1. The van der Waals surface area contributed by atoms with Crippen molar-refractivity contribution >= 4 is 15.9 Å². The quantitative estimate of drug-likeness (QED) is 0.821. The smallest absolute Gasteiger partial charge is 0.234 e. The minimum Gasteiger partial charge on any atom is -0.352 e. The Bertz CT molecular complexity index is 480. The highest BCUT2D eigenvalue weighted by Crippen LogP contribution is 2.23. The molecular weight excluding hydrogens is 302 g/mol. The summed E-state index contributed by atoms with van der Waals surface area (Å²) in [7, 11) is -3.12. The number of sulfonamides is 1. The molecule has 1 saturated carbocycles. The summed E-state index contributed by atoms with van der Waals surface area (Å²) in [6.45, 7) is 5.02. The van der Waals surface area contributed by atoms with Crippen LogP contribution < -0.4 is 5.32 Å². The van der Waals surface area contributed by atoms with Crippen molar-refractivity contribution < 1.29 is 13.2 Å². The maximum absolute atomic E-state index is 12.2. The zero-order valence-corrected chi connectivity index (χ0v) is 14.6. The average molecular weight is 331 g/mol. The van der Waals surface area contributed by atoms with Crippen LogP contribution in [0.15, 0.2) is 0 Å². The van der Waals surface area contributed by atoms with Crippen molar-refractivity contribution in [2.45, 2.75) is 45.1 Å². The third kappa shape index (κ3) is 5.21. The van der Waals surface area contributed by atoms with E-state index in [4.69, 9.17) is 0 Å². The molecule has 7 heteroatoms. The normalized spacial score (nSPS) is 29.0. The number of nitrogens with one attached hydrogen (secondary N) is 1. The number of nitrogens with zero attached hydrogens (tertiary/aromatic N) is 2. The highest BCUT2D eigenvalue weighted by Gasteiger charge is 2.25. The van der Waals surface area contributed by atoms with E-state index in [0.717, 1.165) is 19.4 Å². The summed E-state index contributed by atoms with van der Waals surface area (Å²) in [5.41, 5.74) is 0. The molecule has 2 rings (SSSR count). The van der Waals surface area contributed by atoms with Gasteiger partial charge in [0, 0.05) is 25.7 Å². The van der Waals surface area contributed by atoms with Crippen LogP contribution in [0.2, 0.25) is 0 Å². The second kappa shape index (κ2) is 7.75. The molecule has 6 nitrogen and oxygen atoms in total. The summed E-state index contributed by atoms with van der Waals surface area (Å²) >= 11 is 0. The maximum atomic E-state index is 12.2. The molecule has 1 N–H and O–H groups in total. The molecule has 0 aromatic carbocycles. The van der Waals surface area contributed by atoms with E-state index in [1.165, 1.54) is 29.8 Å². The van der Waals surface area contributed by atoms with E-state index in [0.29, 0.717) is 38.1 Å². The van der Waals surface area contributed by atoms with Crippen molar-refractivity contribution in [2.75, 3.05) is 39.0 Å². The maximum Gasteiger partial charge on any atom is 0.234 e. The predicted octanol–water partition coefficient (Wildman–Crippen LogP) is 0.649. The minimum absolute atomic E-state index is 0.0755. The van der Waals surface area contributed by atoms with E-state index >= 15 is 0 Å². The zero-order valence-electron chi connectivity index (χ0n) is 13.8. The molecule has 0 spiro atoms. The lowest BCUT2D eigenvalue weighted by Gasteiger charge is -2.30. The van der Waals surface area contributed by atoms with Crippen LogP contribution in [0.4, 0.5) is 0 Å². The van der Waals surface area contributed by atoms with Crippen molar-refractivity contribution in [3.8, 4) is 0 Å². The van der Waals surface area contributed by atoms with Crippen molar-refractivity contribution in [2.24, 2.45) is 5.92 Å². The molecule has 1 aliphatic heterocycles. The summed E-state index contributed by atoms with van der Waals surface area (Å²) in [5, 5.41) is 3.17. The molecule has 1 aliphatic carbocycles. The topological polar surface area (TPSA) is 69.7 Å². The van der Waals surface area contributed by atoms with E-state index in [1.807, 2.05) is 0 Å². The van der Waals surface area contributed by atoms with Gasteiger partial charge in [-0.3, -0.25) is 9.69 Å². The Labute approximate surface area is 134 Å². The number of hydrogen-bond donors (Lipinski definition) is 1. The van der Waals surface area contributed by atoms with Crippen LogP contribution in [0.3, 0.4) is 0 Å². The Balaban J connectivity index is 1.79. The largest absolute Gasteiger partial charge is 0.352 e. The Kier molecular flexibility index (Phi) is 6.23. The first-order valence-corrected chi connectivity index (χ1v) is 10.2. The van der Waals surface area contributed by atoms with E-state index in [-0.39, 0.29) is 5.91 Å². The van der Waals surface area contributed by atoms with Gasteiger partial charge in [-0.2, -0.15) is 0 Å². The van der Waals surface area contributed by atoms with Crippen molar-refractivity contribution in [3.05, 3.63) is 0 Å². The molecule has 1 heterocycles. The van der Waals surface area contributed by atoms with Crippen LogP contribution in [0.25, 0.3) is 0 Å². The van der Waals surface area contributed by atoms with Crippen LogP contribution in [-0.2, 0) is 14.8 Å². The monoisotopic (exact) mass is 331 g/mol. The molecule has 128 valence electrons. The third-order valence-electron chi connectivity index (χ3n) is 4.84. The standard InChI is InChI=1S/C15H29N3O3S/c1-13-6-3-4-7-14(13)16-15(19)12-17-8-5-9-18(11-10-17)22(2,20)21/h13-14H,3-12H2,1-2H3,(H,16,19). The molecule has 2 fully saturated rings. The Morgan fingerprint density at radius 1 is 1.09 bits per heavy atom. The molecular formula is C15H29N3O3S. The number of hydrogen-bond acceptors (Lipinski definition) is 4. The lowest BCUT2D eigenvalue weighted by atomic mass is 9.86. The molecule has 0 aromatic rings. The molecule has 2 unspecified atom stereocenters. The van der Waals surface area contributed by atoms with Crippen LogP contribution in [0, 0.1) is 5.92 Å². The Morgan fingerprint density at radius 3 is 2.50 bits per heavy atom. The van der Waals surface area contributed by atoms with E-state index in [9.17, 15) is 13.2 Å². The van der Waals surface area contributed by atoms with Gasteiger partial charge >= 0.3 is 0 Å². The van der Waals surface area contributed by atoms with Crippen LogP contribution in [-0.4, -0.2) is 68.6 Å². The van der Waals surface area contributed by atoms with E-state index < -0.39 is 10.0 Å². The fourth-order valence-electron chi connectivity index (χ4n) is 3.42. The average Bonchev–Trinajstić information content (AvgIpc) is 2.66. The summed E-state index contributed by atoms with van der Waals surface area (Å²) in [5.74, 6) is 0.633. The van der Waals surface area contributed by atoms with Crippen molar-refractivity contribution in [1.82, 2.24) is 14.5 Å². The first-order chi connectivity index (χ1) is 10.4. The summed E-state index contributed by atoms with van der Waals surface area (Å²) in [6, 6.07) is 0.306. The lowest BCUT2D eigenvalue weighted by molar-refractivity contribution is -0.123. The molecule has 1 amide bonds. The molecule has 0 radical (unpaired) electrons. The zero-order chi connectivity index (χ0) is 16.2. The van der Waals surface area contributed by atoms with Crippen LogP contribution in [0.1, 0.15) is 39.0 Å². The van der Waals surface area contributed by atoms with Gasteiger partial charge in [-0.15, -0.1) is 0 Å². The first-order valence-electron chi connectivity index (χ1n) is 8.33. The van der Waals surface area contributed by atoms with Gasteiger partial charge in [0.15, 0.2) is 0 Å². The van der Waals surface area contributed by atoms with Gasteiger partial charge in [0.05, 0.1) is 12.8 Å². The summed E-state index contributed by atoms with van der Waals surface area (Å²) in [6.07, 6.45) is 6.76. The molecule has 1 saturated heterocycles. The van der Waals surface area contributed by atoms with Gasteiger partial charge in [-0.25, -0.2) is 12.7 Å². The Morgan fingerprint density at radius 2 is 1.82 bits per heavy atom. The van der Waals surface area contributed by atoms with Gasteiger partial charge in [0.2, 0.25) is 15.9 Å². The van der Waals surface area contributed by atoms with Crippen LogP contribution >= 0.6 is 0 Å². The van der Waals surface area contributed by atoms with Crippen LogP contribution in [0.5, 0.6) is 0 Å². The molecule has 2 atom stereocenters. The molecule has 22 heavy (non-hydrogen) atoms. The number of rotatable bonds is 4. The summed E-state index contributed by atoms with van der Waals surface area (Å²) in [4.78, 5) is 14.3. The van der Waals surface area contributed by atoms with E-state index in [2.05, 4.69) is 17.1 Å². The highest BCUT2D eigenvalue weighted by atomic mass is 32.2.